The molecule has 0 bridgehead atoms. The first kappa shape index (κ1) is 15.6. The Hall–Kier alpha value is -0.770. The van der Waals surface area contributed by atoms with Gasteiger partial charge in [0.2, 0.25) is 5.91 Å². The number of nitrogens with one attached hydrogen (secondary N) is 1. The Labute approximate surface area is 129 Å². The molecule has 3 N–H and O–H groups in total. The average Bonchev–Trinajstić information content (AvgIpc) is 2.38. The maximum Gasteiger partial charge on any atom is 0.230 e. The van der Waals surface area contributed by atoms with Crippen molar-refractivity contribution in [2.45, 2.75) is 31.6 Å². The van der Waals surface area contributed by atoms with Crippen LogP contribution in [0.1, 0.15) is 31.7 Å². The average molecular weight is 315 g/mol. The molecule has 1 saturated carbocycles. The Morgan fingerprint density at radius 1 is 1.40 bits per heavy atom. The standard InChI is InChI=1S/C15H20Cl2N2O/c1-10(8-18)9-19-14(20)15(5-2-6-15)11-3-4-12(16)13(17)7-11/h3-4,7,10H,2,5-6,8-9,18H2,1H3,(H,19,20). The Kier molecular flexibility index (Phi) is 4.95. The van der Waals surface area contributed by atoms with Crippen LogP contribution in [0.15, 0.2) is 18.2 Å². The molecular formula is C15H20Cl2N2O. The molecule has 1 aliphatic carbocycles. The van der Waals surface area contributed by atoms with Crippen molar-refractivity contribution in [2.24, 2.45) is 11.7 Å². The summed E-state index contributed by atoms with van der Waals surface area (Å²) in [5, 5.41) is 4.03. The van der Waals surface area contributed by atoms with Gasteiger partial charge in [-0.15, -0.1) is 0 Å². The molecule has 0 saturated heterocycles. The van der Waals surface area contributed by atoms with Crippen molar-refractivity contribution in [3.05, 3.63) is 33.8 Å². The highest BCUT2D eigenvalue weighted by atomic mass is 35.5. The molecule has 1 amide bonds. The quantitative estimate of drug-likeness (QED) is 0.877. The number of amides is 1. The molecule has 1 aromatic rings. The van der Waals surface area contributed by atoms with E-state index in [1.54, 1.807) is 6.07 Å². The van der Waals surface area contributed by atoms with Crippen LogP contribution in [0.5, 0.6) is 0 Å². The van der Waals surface area contributed by atoms with Gasteiger partial charge >= 0.3 is 0 Å². The van der Waals surface area contributed by atoms with Crippen molar-refractivity contribution >= 4 is 29.1 Å². The van der Waals surface area contributed by atoms with E-state index in [1.165, 1.54) is 0 Å². The van der Waals surface area contributed by atoms with Crippen molar-refractivity contribution < 1.29 is 4.79 Å². The third kappa shape index (κ3) is 2.95. The minimum absolute atomic E-state index is 0.0717. The lowest BCUT2D eigenvalue weighted by atomic mass is 9.64. The van der Waals surface area contributed by atoms with Crippen LogP contribution in [-0.2, 0) is 10.2 Å². The van der Waals surface area contributed by atoms with E-state index in [2.05, 4.69) is 5.32 Å². The van der Waals surface area contributed by atoms with Gasteiger partial charge in [0.25, 0.3) is 0 Å². The second-order valence-corrected chi connectivity index (χ2v) is 6.43. The molecule has 1 aromatic carbocycles. The third-order valence-electron chi connectivity index (χ3n) is 4.13. The van der Waals surface area contributed by atoms with Crippen molar-refractivity contribution in [3.8, 4) is 0 Å². The smallest absolute Gasteiger partial charge is 0.230 e. The van der Waals surface area contributed by atoms with Crippen molar-refractivity contribution in [2.75, 3.05) is 13.1 Å². The summed E-state index contributed by atoms with van der Waals surface area (Å²) in [5.41, 5.74) is 6.09. The van der Waals surface area contributed by atoms with Gasteiger partial charge < -0.3 is 11.1 Å². The Bertz CT molecular complexity index is 501. The van der Waals surface area contributed by atoms with Gasteiger partial charge in [0.05, 0.1) is 15.5 Å². The van der Waals surface area contributed by atoms with Gasteiger partial charge in [-0.25, -0.2) is 0 Å². The van der Waals surface area contributed by atoms with Crippen LogP contribution >= 0.6 is 23.2 Å². The summed E-state index contributed by atoms with van der Waals surface area (Å²) < 4.78 is 0. The Morgan fingerprint density at radius 2 is 2.10 bits per heavy atom. The number of hydrogen-bond acceptors (Lipinski definition) is 2. The molecule has 1 aliphatic rings. The fourth-order valence-corrected chi connectivity index (χ4v) is 2.79. The lowest BCUT2D eigenvalue weighted by Crippen LogP contribution is -2.50. The molecule has 0 aliphatic heterocycles. The van der Waals surface area contributed by atoms with E-state index in [0.717, 1.165) is 24.8 Å². The SMILES string of the molecule is CC(CN)CNC(=O)C1(c2ccc(Cl)c(Cl)c2)CCC1. The third-order valence-corrected chi connectivity index (χ3v) is 4.87. The van der Waals surface area contributed by atoms with E-state index < -0.39 is 5.41 Å². The fraction of sp³-hybridized carbons (Fsp3) is 0.533. The molecule has 0 aromatic heterocycles. The van der Waals surface area contributed by atoms with E-state index >= 15 is 0 Å². The highest BCUT2D eigenvalue weighted by molar-refractivity contribution is 6.42. The Morgan fingerprint density at radius 3 is 2.60 bits per heavy atom. The molecular weight excluding hydrogens is 295 g/mol. The minimum Gasteiger partial charge on any atom is -0.355 e. The highest BCUT2D eigenvalue weighted by Crippen LogP contribution is 2.45. The first-order valence-corrected chi connectivity index (χ1v) is 7.69. The number of rotatable bonds is 5. The predicted molar refractivity (Wildman–Crippen MR) is 83.2 cm³/mol. The maximum atomic E-state index is 12.5. The molecule has 1 atom stereocenters. The second-order valence-electron chi connectivity index (χ2n) is 5.62. The molecule has 0 spiro atoms. The zero-order chi connectivity index (χ0) is 14.8. The summed E-state index contributed by atoms with van der Waals surface area (Å²) in [6.45, 7) is 3.20. The molecule has 0 heterocycles. The van der Waals surface area contributed by atoms with Crippen LogP contribution in [0.4, 0.5) is 0 Å². The molecule has 5 heteroatoms. The molecule has 3 nitrogen and oxygen atoms in total. The van der Waals surface area contributed by atoms with Crippen LogP contribution < -0.4 is 11.1 Å². The highest BCUT2D eigenvalue weighted by Gasteiger charge is 2.45. The molecule has 110 valence electrons. The van der Waals surface area contributed by atoms with Gasteiger partial charge in [-0.3, -0.25) is 4.79 Å². The van der Waals surface area contributed by atoms with Crippen molar-refractivity contribution in [1.82, 2.24) is 5.32 Å². The largest absolute Gasteiger partial charge is 0.355 e. The lowest BCUT2D eigenvalue weighted by Gasteiger charge is -2.41. The first-order chi connectivity index (χ1) is 9.49. The normalized spacial score (nSPS) is 18.2. The van der Waals surface area contributed by atoms with Crippen LogP contribution in [0.2, 0.25) is 10.0 Å². The summed E-state index contributed by atoms with van der Waals surface area (Å²) in [4.78, 5) is 12.5. The van der Waals surface area contributed by atoms with Crippen LogP contribution in [0.3, 0.4) is 0 Å². The fourth-order valence-electron chi connectivity index (χ4n) is 2.49. The second kappa shape index (κ2) is 6.33. The number of halogens is 2. The zero-order valence-electron chi connectivity index (χ0n) is 11.6. The Balaban J connectivity index is 2.16. The van der Waals surface area contributed by atoms with E-state index in [1.807, 2.05) is 19.1 Å². The summed E-state index contributed by atoms with van der Waals surface area (Å²) in [6, 6.07) is 5.48. The van der Waals surface area contributed by atoms with Gasteiger partial charge in [-0.1, -0.05) is 42.6 Å². The minimum atomic E-state index is -0.442. The number of hydrogen-bond donors (Lipinski definition) is 2. The van der Waals surface area contributed by atoms with Crippen molar-refractivity contribution in [1.29, 1.82) is 0 Å². The van der Waals surface area contributed by atoms with Gasteiger partial charge in [0.1, 0.15) is 0 Å². The molecule has 1 unspecified atom stereocenters. The van der Waals surface area contributed by atoms with Crippen LogP contribution in [0, 0.1) is 5.92 Å². The van der Waals surface area contributed by atoms with Gasteiger partial charge in [-0.05, 0) is 43.0 Å². The molecule has 0 radical (unpaired) electrons. The van der Waals surface area contributed by atoms with E-state index in [9.17, 15) is 4.79 Å². The maximum absolute atomic E-state index is 12.5. The van der Waals surface area contributed by atoms with Gasteiger partial charge in [0, 0.05) is 6.54 Å². The molecule has 20 heavy (non-hydrogen) atoms. The lowest BCUT2D eigenvalue weighted by molar-refractivity contribution is -0.130. The zero-order valence-corrected chi connectivity index (χ0v) is 13.1. The van der Waals surface area contributed by atoms with Crippen molar-refractivity contribution in [3.63, 3.8) is 0 Å². The summed E-state index contributed by atoms with van der Waals surface area (Å²) in [7, 11) is 0. The molecule has 1 fully saturated rings. The van der Waals surface area contributed by atoms with Gasteiger partial charge in [-0.2, -0.15) is 0 Å². The number of carbonyl (C=O) groups excluding carboxylic acids is 1. The van der Waals surface area contributed by atoms with E-state index in [0.29, 0.717) is 23.1 Å². The monoisotopic (exact) mass is 314 g/mol. The number of benzene rings is 1. The molecule has 2 rings (SSSR count). The topological polar surface area (TPSA) is 55.1 Å². The number of carbonyl (C=O) groups is 1. The van der Waals surface area contributed by atoms with E-state index in [-0.39, 0.29) is 11.8 Å². The summed E-state index contributed by atoms with van der Waals surface area (Å²) in [6.07, 6.45) is 2.77. The van der Waals surface area contributed by atoms with Gasteiger partial charge in [0.15, 0.2) is 0 Å². The first-order valence-electron chi connectivity index (χ1n) is 6.93. The van der Waals surface area contributed by atoms with E-state index in [4.69, 9.17) is 28.9 Å². The number of nitrogens with two attached hydrogens (primary N) is 1. The summed E-state index contributed by atoms with van der Waals surface area (Å²) >= 11 is 12.0. The summed E-state index contributed by atoms with van der Waals surface area (Å²) in [5.74, 6) is 0.354. The van der Waals surface area contributed by atoms with Crippen LogP contribution in [0.25, 0.3) is 0 Å². The van der Waals surface area contributed by atoms with Crippen LogP contribution in [-0.4, -0.2) is 19.0 Å². The predicted octanol–water partition coefficient (Wildman–Crippen LogP) is 3.13.